The molecule has 0 saturated heterocycles. The summed E-state index contributed by atoms with van der Waals surface area (Å²) in [5, 5.41) is 14.6. The van der Waals surface area contributed by atoms with E-state index in [-0.39, 0.29) is 20.2 Å². The molecule has 3 aromatic carbocycles. The first kappa shape index (κ1) is 16.9. The van der Waals surface area contributed by atoms with Crippen molar-refractivity contribution in [2.24, 2.45) is 7.05 Å². The maximum absolute atomic E-state index is 8.93. The third kappa shape index (κ3) is 2.42. The van der Waals surface area contributed by atoms with E-state index in [0.717, 1.165) is 50.1 Å². The molecule has 142 valence electrons. The van der Waals surface area contributed by atoms with Crippen LogP contribution in [0.15, 0.2) is 42.6 Å². The molecule has 2 aliphatic rings. The van der Waals surface area contributed by atoms with E-state index in [1.54, 1.807) is 6.92 Å². The summed E-state index contributed by atoms with van der Waals surface area (Å²) in [6, 6.07) is 12.5. The maximum atomic E-state index is 8.93. The molecule has 3 heterocycles. The van der Waals surface area contributed by atoms with Crippen LogP contribution in [0.25, 0.3) is 32.4 Å². The van der Waals surface area contributed by atoms with Crippen LogP contribution in [0.1, 0.15) is 6.92 Å². The molecule has 0 saturated carbocycles. The lowest BCUT2D eigenvalue weighted by atomic mass is 10.00. The van der Waals surface area contributed by atoms with Gasteiger partial charge in [0.05, 0.1) is 16.2 Å². The lowest BCUT2D eigenvalue weighted by molar-refractivity contribution is -0.642. The van der Waals surface area contributed by atoms with Crippen LogP contribution in [0.2, 0.25) is 0 Å². The van der Waals surface area contributed by atoms with Gasteiger partial charge in [0.15, 0.2) is 29.2 Å². The topological polar surface area (TPSA) is 63.9 Å². The highest BCUT2D eigenvalue weighted by Gasteiger charge is 2.24. The van der Waals surface area contributed by atoms with Crippen LogP contribution >= 0.6 is 0 Å². The van der Waals surface area contributed by atoms with Gasteiger partial charge in [-0.3, -0.25) is 0 Å². The average molecular weight is 377 g/mol. The summed E-state index contributed by atoms with van der Waals surface area (Å²) in [4.78, 5) is 0. The summed E-state index contributed by atoms with van der Waals surface area (Å²) in [5.74, 6) is 3.22. The smallest absolute Gasteiger partial charge is 0.231 e. The fourth-order valence-electron chi connectivity index (χ4n) is 3.91. The standard InChI is InChI=1S/C20H14NO4.C2H5O/c1-21-8-15-12(4-5-16-20(15)25-10-22-16)13-3-2-11-6-17-18(24-9-23-17)7-14(11)19(13)21;1-2-3/h2-8H,9-10H2,1H3;2H2,1H3/q+1;-1. The van der Waals surface area contributed by atoms with Crippen molar-refractivity contribution in [2.45, 2.75) is 6.92 Å². The Morgan fingerprint density at radius 1 is 0.821 bits per heavy atom. The summed E-state index contributed by atoms with van der Waals surface area (Å²) in [6.07, 6.45) is 2.11. The second-order valence-corrected chi connectivity index (χ2v) is 6.68. The van der Waals surface area contributed by atoms with Crippen LogP contribution in [-0.4, -0.2) is 20.2 Å². The Labute approximate surface area is 161 Å². The van der Waals surface area contributed by atoms with E-state index in [2.05, 4.69) is 42.1 Å². The van der Waals surface area contributed by atoms with Gasteiger partial charge in [0.2, 0.25) is 19.1 Å². The van der Waals surface area contributed by atoms with E-state index in [9.17, 15) is 0 Å². The minimum absolute atomic E-state index is 0. The number of aryl methyl sites for hydroxylation is 1. The van der Waals surface area contributed by atoms with Gasteiger partial charge in [0.25, 0.3) is 0 Å². The van der Waals surface area contributed by atoms with Crippen LogP contribution in [-0.2, 0) is 7.05 Å². The van der Waals surface area contributed by atoms with Crippen molar-refractivity contribution in [2.75, 3.05) is 20.2 Å². The predicted molar refractivity (Wildman–Crippen MR) is 103 cm³/mol. The lowest BCUT2D eigenvalue weighted by Gasteiger charge is -2.08. The van der Waals surface area contributed by atoms with Crippen molar-refractivity contribution < 1.29 is 28.6 Å². The molecule has 0 N–H and O–H groups in total. The second-order valence-electron chi connectivity index (χ2n) is 6.68. The number of nitrogens with zero attached hydrogens (tertiary/aromatic N) is 1. The average Bonchev–Trinajstić information content (AvgIpc) is 3.35. The van der Waals surface area contributed by atoms with E-state index >= 15 is 0 Å². The maximum Gasteiger partial charge on any atom is 0.231 e. The summed E-state index contributed by atoms with van der Waals surface area (Å²) in [5.41, 5.74) is 1.15. The molecule has 0 amide bonds. The Hall–Kier alpha value is -3.25. The molecular weight excluding hydrogens is 358 g/mol. The number of fused-ring (bicyclic) bond motifs is 8. The van der Waals surface area contributed by atoms with Crippen molar-refractivity contribution in [3.8, 4) is 23.0 Å². The first-order valence-corrected chi connectivity index (χ1v) is 9.16. The molecule has 0 fully saturated rings. The Bertz CT molecular complexity index is 1230. The van der Waals surface area contributed by atoms with Crippen molar-refractivity contribution in [1.29, 1.82) is 0 Å². The molecule has 0 bridgehead atoms. The number of benzene rings is 3. The second kappa shape index (κ2) is 6.42. The van der Waals surface area contributed by atoms with Gasteiger partial charge in [-0.05, 0) is 35.7 Å². The zero-order valence-corrected chi connectivity index (χ0v) is 15.7. The van der Waals surface area contributed by atoms with Gasteiger partial charge in [-0.25, -0.2) is 0 Å². The molecule has 2 aliphatic heterocycles. The Kier molecular flexibility index (Phi) is 3.87. The molecule has 0 spiro atoms. The van der Waals surface area contributed by atoms with Gasteiger partial charge in [-0.15, -0.1) is 6.61 Å². The van der Waals surface area contributed by atoms with Crippen molar-refractivity contribution in [3.05, 3.63) is 42.6 Å². The van der Waals surface area contributed by atoms with Crippen LogP contribution < -0.4 is 28.6 Å². The van der Waals surface area contributed by atoms with Crippen LogP contribution in [0.3, 0.4) is 0 Å². The number of rotatable bonds is 0. The van der Waals surface area contributed by atoms with Crippen LogP contribution in [0.5, 0.6) is 23.0 Å². The third-order valence-electron chi connectivity index (χ3n) is 5.03. The van der Waals surface area contributed by atoms with E-state index in [4.69, 9.17) is 24.1 Å². The number of ether oxygens (including phenoxy) is 4. The molecule has 6 nitrogen and oxygen atoms in total. The van der Waals surface area contributed by atoms with E-state index in [1.165, 1.54) is 5.39 Å². The van der Waals surface area contributed by atoms with Gasteiger partial charge in [-0.1, -0.05) is 13.0 Å². The molecule has 0 unspecified atom stereocenters. The summed E-state index contributed by atoms with van der Waals surface area (Å²) in [6.45, 7) is 2.12. The van der Waals surface area contributed by atoms with Crippen molar-refractivity contribution in [1.82, 2.24) is 0 Å². The van der Waals surface area contributed by atoms with Gasteiger partial charge >= 0.3 is 0 Å². The third-order valence-corrected chi connectivity index (χ3v) is 5.03. The summed E-state index contributed by atoms with van der Waals surface area (Å²) >= 11 is 0. The fourth-order valence-corrected chi connectivity index (χ4v) is 3.91. The van der Waals surface area contributed by atoms with Gasteiger partial charge in [0, 0.05) is 5.39 Å². The molecule has 0 aliphatic carbocycles. The first-order chi connectivity index (χ1) is 13.7. The zero-order valence-electron chi connectivity index (χ0n) is 15.7. The largest absolute Gasteiger partial charge is 0.855 e. The number of aromatic nitrogens is 1. The highest BCUT2D eigenvalue weighted by Crippen LogP contribution is 2.42. The minimum Gasteiger partial charge on any atom is -0.855 e. The van der Waals surface area contributed by atoms with Crippen LogP contribution in [0, 0.1) is 0 Å². The minimum atomic E-state index is 0. The molecule has 6 rings (SSSR count). The zero-order chi connectivity index (χ0) is 19.3. The highest BCUT2D eigenvalue weighted by atomic mass is 16.7. The SMILES string of the molecule is CC[O-].C[n+]1cc2c3c(ccc2c2ccc4cc5c(cc4c21)OCO5)OCO3. The number of hydrogen-bond donors (Lipinski definition) is 0. The van der Waals surface area contributed by atoms with Gasteiger partial charge in [-0.2, -0.15) is 4.57 Å². The predicted octanol–water partition coefficient (Wildman–Crippen LogP) is 2.79. The van der Waals surface area contributed by atoms with E-state index < -0.39 is 0 Å². The Balaban J connectivity index is 0.000000538. The normalized spacial score (nSPS) is 13.8. The molecule has 0 atom stereocenters. The molecule has 4 aromatic rings. The first-order valence-electron chi connectivity index (χ1n) is 9.16. The van der Waals surface area contributed by atoms with Gasteiger partial charge in [0.1, 0.15) is 7.05 Å². The quantitative estimate of drug-likeness (QED) is 0.348. The molecule has 0 radical (unpaired) electrons. The summed E-state index contributed by atoms with van der Waals surface area (Å²) < 4.78 is 24.4. The summed E-state index contributed by atoms with van der Waals surface area (Å²) in [7, 11) is 2.06. The molecule has 1 aromatic heterocycles. The van der Waals surface area contributed by atoms with Crippen molar-refractivity contribution in [3.63, 3.8) is 0 Å². The Morgan fingerprint density at radius 3 is 2.32 bits per heavy atom. The van der Waals surface area contributed by atoms with Gasteiger partial charge < -0.3 is 24.1 Å². The van der Waals surface area contributed by atoms with Crippen molar-refractivity contribution >= 4 is 32.4 Å². The molecular formula is C22H19NO5. The fraction of sp³-hybridized carbons (Fsp3) is 0.227. The lowest BCUT2D eigenvalue weighted by Crippen LogP contribution is -2.28. The number of pyridine rings is 1. The molecule has 6 heteroatoms. The monoisotopic (exact) mass is 377 g/mol. The number of hydrogen-bond acceptors (Lipinski definition) is 5. The van der Waals surface area contributed by atoms with Crippen LogP contribution in [0.4, 0.5) is 0 Å². The van der Waals surface area contributed by atoms with E-state index in [1.807, 2.05) is 12.1 Å². The molecule has 28 heavy (non-hydrogen) atoms. The Morgan fingerprint density at radius 2 is 1.50 bits per heavy atom. The van der Waals surface area contributed by atoms with E-state index in [0.29, 0.717) is 0 Å². The highest BCUT2D eigenvalue weighted by molar-refractivity contribution is 6.15.